The number of carbonyl (C=O) groups excluding carboxylic acids is 1. The van der Waals surface area contributed by atoms with Crippen molar-refractivity contribution in [1.29, 1.82) is 0 Å². The standard InChI is InChI=1S/C15H23N3O2/c1-11-4-3-7-16-14(11)10-18-15(20)17-9-12-5-2-6-13(19)8-12/h3-4,7,12-13,19H,2,5-6,8-10H2,1H3,(H2,17,18,20). The Bertz CT molecular complexity index is 450. The van der Waals surface area contributed by atoms with E-state index in [1.54, 1.807) is 6.20 Å². The van der Waals surface area contributed by atoms with Crippen molar-refractivity contribution >= 4 is 6.03 Å². The lowest BCUT2D eigenvalue weighted by Crippen LogP contribution is -2.39. The fourth-order valence-electron chi connectivity index (χ4n) is 2.62. The van der Waals surface area contributed by atoms with Crippen LogP contribution in [-0.2, 0) is 6.54 Å². The van der Waals surface area contributed by atoms with Crippen LogP contribution in [0.2, 0.25) is 0 Å². The van der Waals surface area contributed by atoms with E-state index in [0.29, 0.717) is 19.0 Å². The molecule has 1 saturated carbocycles. The molecule has 2 amide bonds. The number of hydrogen-bond acceptors (Lipinski definition) is 3. The Morgan fingerprint density at radius 3 is 3.05 bits per heavy atom. The molecule has 0 radical (unpaired) electrons. The largest absolute Gasteiger partial charge is 0.393 e. The number of amides is 2. The molecule has 0 saturated heterocycles. The molecule has 1 aromatic heterocycles. The van der Waals surface area contributed by atoms with Crippen LogP contribution in [0.25, 0.3) is 0 Å². The Balaban J connectivity index is 1.69. The van der Waals surface area contributed by atoms with E-state index in [4.69, 9.17) is 0 Å². The maximum atomic E-state index is 11.7. The smallest absolute Gasteiger partial charge is 0.315 e. The van der Waals surface area contributed by atoms with Gasteiger partial charge >= 0.3 is 6.03 Å². The van der Waals surface area contributed by atoms with Crippen LogP contribution in [-0.4, -0.2) is 28.8 Å². The molecular weight excluding hydrogens is 254 g/mol. The predicted molar refractivity (Wildman–Crippen MR) is 77.2 cm³/mol. The molecular formula is C15H23N3O2. The molecule has 1 aliphatic rings. The van der Waals surface area contributed by atoms with Crippen LogP contribution >= 0.6 is 0 Å². The molecule has 5 heteroatoms. The number of carbonyl (C=O) groups is 1. The number of nitrogens with zero attached hydrogens (tertiary/aromatic N) is 1. The van der Waals surface area contributed by atoms with E-state index in [1.807, 2.05) is 19.1 Å². The van der Waals surface area contributed by atoms with E-state index in [-0.39, 0.29) is 12.1 Å². The first-order valence-corrected chi connectivity index (χ1v) is 7.25. The number of aliphatic hydroxyl groups is 1. The highest BCUT2D eigenvalue weighted by atomic mass is 16.3. The first-order valence-electron chi connectivity index (χ1n) is 7.25. The van der Waals surface area contributed by atoms with Crippen LogP contribution in [0, 0.1) is 12.8 Å². The minimum absolute atomic E-state index is 0.171. The lowest BCUT2D eigenvalue weighted by atomic mass is 9.87. The number of nitrogens with one attached hydrogen (secondary N) is 2. The highest BCUT2D eigenvalue weighted by Gasteiger charge is 2.20. The summed E-state index contributed by atoms with van der Waals surface area (Å²) in [7, 11) is 0. The molecule has 1 aliphatic carbocycles. The van der Waals surface area contributed by atoms with E-state index >= 15 is 0 Å². The second kappa shape index (κ2) is 7.24. The SMILES string of the molecule is Cc1cccnc1CNC(=O)NCC1CCCC(O)C1. The van der Waals surface area contributed by atoms with Crippen molar-refractivity contribution in [2.45, 2.75) is 45.3 Å². The third-order valence-electron chi connectivity index (χ3n) is 3.84. The third-order valence-corrected chi connectivity index (χ3v) is 3.84. The third kappa shape index (κ3) is 4.49. The van der Waals surface area contributed by atoms with Crippen LogP contribution in [0.1, 0.15) is 36.9 Å². The summed E-state index contributed by atoms with van der Waals surface area (Å²) < 4.78 is 0. The lowest BCUT2D eigenvalue weighted by molar-refractivity contribution is 0.101. The fourth-order valence-corrected chi connectivity index (χ4v) is 2.62. The van der Waals surface area contributed by atoms with Crippen molar-refractivity contribution in [3.05, 3.63) is 29.6 Å². The minimum atomic E-state index is -0.199. The van der Waals surface area contributed by atoms with Crippen molar-refractivity contribution in [3.63, 3.8) is 0 Å². The summed E-state index contributed by atoms with van der Waals surface area (Å²) in [6.07, 6.45) is 5.33. The quantitative estimate of drug-likeness (QED) is 0.785. The van der Waals surface area contributed by atoms with Crippen molar-refractivity contribution in [2.24, 2.45) is 5.92 Å². The van der Waals surface area contributed by atoms with Crippen LogP contribution in [0.15, 0.2) is 18.3 Å². The number of aryl methyl sites for hydroxylation is 1. The van der Waals surface area contributed by atoms with E-state index < -0.39 is 0 Å². The van der Waals surface area contributed by atoms with Crippen molar-refractivity contribution in [2.75, 3.05) is 6.54 Å². The average Bonchev–Trinajstić information content (AvgIpc) is 2.44. The van der Waals surface area contributed by atoms with Crippen molar-refractivity contribution < 1.29 is 9.90 Å². The molecule has 110 valence electrons. The average molecular weight is 277 g/mol. The Morgan fingerprint density at radius 1 is 1.45 bits per heavy atom. The topological polar surface area (TPSA) is 74.2 Å². The van der Waals surface area contributed by atoms with Gasteiger partial charge in [-0.3, -0.25) is 4.98 Å². The van der Waals surface area contributed by atoms with Gasteiger partial charge in [-0.25, -0.2) is 4.79 Å². The molecule has 20 heavy (non-hydrogen) atoms. The summed E-state index contributed by atoms with van der Waals surface area (Å²) in [5, 5.41) is 15.3. The van der Waals surface area contributed by atoms with Crippen LogP contribution in [0.5, 0.6) is 0 Å². The van der Waals surface area contributed by atoms with Gasteiger partial charge in [0, 0.05) is 12.7 Å². The molecule has 0 aromatic carbocycles. The zero-order valence-electron chi connectivity index (χ0n) is 11.9. The molecule has 2 rings (SSSR count). The van der Waals surface area contributed by atoms with Gasteiger partial charge in [0.1, 0.15) is 0 Å². The van der Waals surface area contributed by atoms with Gasteiger partial charge in [0.05, 0.1) is 18.3 Å². The monoisotopic (exact) mass is 277 g/mol. The Labute approximate surface area is 119 Å². The number of rotatable bonds is 4. The van der Waals surface area contributed by atoms with E-state index in [2.05, 4.69) is 15.6 Å². The molecule has 1 aromatic rings. The van der Waals surface area contributed by atoms with Crippen LogP contribution in [0.4, 0.5) is 4.79 Å². The fraction of sp³-hybridized carbons (Fsp3) is 0.600. The Kier molecular flexibility index (Phi) is 5.35. The van der Waals surface area contributed by atoms with Gasteiger partial charge in [-0.15, -0.1) is 0 Å². The zero-order valence-corrected chi connectivity index (χ0v) is 11.9. The molecule has 5 nitrogen and oxygen atoms in total. The molecule has 2 atom stereocenters. The van der Waals surface area contributed by atoms with Gasteiger partial charge in [-0.2, -0.15) is 0 Å². The second-order valence-corrected chi connectivity index (χ2v) is 5.52. The Hall–Kier alpha value is -1.62. The van der Waals surface area contributed by atoms with Gasteiger partial charge in [0.2, 0.25) is 0 Å². The normalized spacial score (nSPS) is 22.3. The first-order chi connectivity index (χ1) is 9.65. The summed E-state index contributed by atoms with van der Waals surface area (Å²) in [6.45, 7) is 3.04. The van der Waals surface area contributed by atoms with Gasteiger partial charge in [0.25, 0.3) is 0 Å². The summed E-state index contributed by atoms with van der Waals surface area (Å²) in [5.74, 6) is 0.390. The minimum Gasteiger partial charge on any atom is -0.393 e. The maximum absolute atomic E-state index is 11.7. The zero-order chi connectivity index (χ0) is 14.4. The van der Waals surface area contributed by atoms with Gasteiger partial charge < -0.3 is 15.7 Å². The molecule has 3 N–H and O–H groups in total. The summed E-state index contributed by atoms with van der Waals surface area (Å²) in [4.78, 5) is 16.0. The second-order valence-electron chi connectivity index (χ2n) is 5.52. The summed E-state index contributed by atoms with van der Waals surface area (Å²) in [6, 6.07) is 3.69. The number of urea groups is 1. The van der Waals surface area contributed by atoms with Crippen molar-refractivity contribution in [3.8, 4) is 0 Å². The molecule has 0 bridgehead atoms. The lowest BCUT2D eigenvalue weighted by Gasteiger charge is -2.25. The van der Waals surface area contributed by atoms with Crippen molar-refractivity contribution in [1.82, 2.24) is 15.6 Å². The first kappa shape index (κ1) is 14.8. The highest BCUT2D eigenvalue weighted by Crippen LogP contribution is 2.23. The highest BCUT2D eigenvalue weighted by molar-refractivity contribution is 5.73. The number of hydrogen-bond donors (Lipinski definition) is 3. The van der Waals surface area contributed by atoms with Crippen LogP contribution in [0.3, 0.4) is 0 Å². The molecule has 1 heterocycles. The van der Waals surface area contributed by atoms with E-state index in [9.17, 15) is 9.90 Å². The Morgan fingerprint density at radius 2 is 2.30 bits per heavy atom. The van der Waals surface area contributed by atoms with E-state index in [1.165, 1.54) is 0 Å². The maximum Gasteiger partial charge on any atom is 0.315 e. The number of aliphatic hydroxyl groups excluding tert-OH is 1. The number of aromatic nitrogens is 1. The molecule has 0 aliphatic heterocycles. The predicted octanol–water partition coefficient (Wildman–Crippen LogP) is 1.74. The molecule has 2 unspecified atom stereocenters. The summed E-state index contributed by atoms with van der Waals surface area (Å²) in [5.41, 5.74) is 1.96. The van der Waals surface area contributed by atoms with Crippen LogP contribution < -0.4 is 10.6 Å². The number of pyridine rings is 1. The van der Waals surface area contributed by atoms with E-state index in [0.717, 1.165) is 36.9 Å². The molecule has 1 fully saturated rings. The summed E-state index contributed by atoms with van der Waals surface area (Å²) >= 11 is 0. The van der Waals surface area contributed by atoms with Gasteiger partial charge in [0.15, 0.2) is 0 Å². The van der Waals surface area contributed by atoms with Gasteiger partial charge in [-0.1, -0.05) is 12.5 Å². The molecule has 0 spiro atoms. The van der Waals surface area contributed by atoms with Gasteiger partial charge in [-0.05, 0) is 43.7 Å².